The fourth-order valence-electron chi connectivity index (χ4n) is 2.72. The number of carbonyl (C=O) groups is 2. The molecule has 160 valence electrons. The van der Waals surface area contributed by atoms with Gasteiger partial charge in [0.2, 0.25) is 5.88 Å². The Kier molecular flexibility index (Phi) is 7.38. The van der Waals surface area contributed by atoms with Crippen LogP contribution in [0.1, 0.15) is 39.2 Å². The summed E-state index contributed by atoms with van der Waals surface area (Å²) in [6.45, 7) is 1.81. The monoisotopic (exact) mass is 478 g/mol. The molecule has 0 aliphatic rings. The van der Waals surface area contributed by atoms with E-state index in [0.717, 1.165) is 5.56 Å². The molecule has 1 aromatic heterocycles. The van der Waals surface area contributed by atoms with Crippen LogP contribution < -0.4 is 10.1 Å². The van der Waals surface area contributed by atoms with Crippen LogP contribution in [0.15, 0.2) is 54.7 Å². The van der Waals surface area contributed by atoms with E-state index in [1.807, 2.05) is 0 Å². The van der Waals surface area contributed by atoms with Gasteiger partial charge in [0, 0.05) is 11.2 Å². The van der Waals surface area contributed by atoms with E-state index in [9.17, 15) is 9.59 Å². The standard InChI is InChI=1S/C22H17Cl3N2O4/c1-12(13-3-5-14(6-4-13)22(29)30-2)27-20(28)17-9-16(24)11-26-21(17)31-19-8-7-15(23)10-18(19)25/h3-12H,1-2H3,(H,27,28)/t12-/m0/s1. The Labute approximate surface area is 194 Å². The third-order valence-electron chi connectivity index (χ3n) is 4.34. The number of amides is 1. The molecule has 1 heterocycles. The first-order valence-corrected chi connectivity index (χ1v) is 10.2. The van der Waals surface area contributed by atoms with Crippen LogP contribution in [0.25, 0.3) is 0 Å². The Morgan fingerprint density at radius 1 is 1.00 bits per heavy atom. The fourth-order valence-corrected chi connectivity index (χ4v) is 3.32. The van der Waals surface area contributed by atoms with Crippen molar-refractivity contribution in [1.82, 2.24) is 10.3 Å². The van der Waals surface area contributed by atoms with Crippen molar-refractivity contribution >= 4 is 46.7 Å². The Morgan fingerprint density at radius 2 is 1.71 bits per heavy atom. The number of carbonyl (C=O) groups excluding carboxylic acids is 2. The zero-order valence-electron chi connectivity index (χ0n) is 16.5. The summed E-state index contributed by atoms with van der Waals surface area (Å²) in [6, 6.07) is 12.5. The highest BCUT2D eigenvalue weighted by molar-refractivity contribution is 6.35. The van der Waals surface area contributed by atoms with Gasteiger partial charge in [0.05, 0.1) is 28.8 Å². The van der Waals surface area contributed by atoms with Crippen molar-refractivity contribution in [3.05, 3.63) is 86.5 Å². The van der Waals surface area contributed by atoms with Crippen molar-refractivity contribution in [3.63, 3.8) is 0 Å². The molecule has 0 radical (unpaired) electrons. The molecular weight excluding hydrogens is 463 g/mol. The van der Waals surface area contributed by atoms with Crippen LogP contribution in [-0.4, -0.2) is 24.0 Å². The maximum atomic E-state index is 12.9. The van der Waals surface area contributed by atoms with Crippen LogP contribution in [0, 0.1) is 0 Å². The number of rotatable bonds is 6. The Balaban J connectivity index is 1.81. The molecule has 1 atom stereocenters. The van der Waals surface area contributed by atoms with E-state index < -0.39 is 11.9 Å². The van der Waals surface area contributed by atoms with Crippen LogP contribution in [-0.2, 0) is 4.74 Å². The lowest BCUT2D eigenvalue weighted by atomic mass is 10.1. The number of pyridine rings is 1. The van der Waals surface area contributed by atoms with Crippen LogP contribution >= 0.6 is 34.8 Å². The van der Waals surface area contributed by atoms with Crippen LogP contribution in [0.2, 0.25) is 15.1 Å². The number of nitrogens with zero attached hydrogens (tertiary/aromatic N) is 1. The van der Waals surface area contributed by atoms with Crippen LogP contribution in [0.4, 0.5) is 0 Å². The van der Waals surface area contributed by atoms with Gasteiger partial charge in [-0.3, -0.25) is 4.79 Å². The highest BCUT2D eigenvalue weighted by Crippen LogP contribution is 2.33. The summed E-state index contributed by atoms with van der Waals surface area (Å²) in [5, 5.41) is 3.86. The SMILES string of the molecule is COC(=O)c1ccc([C@H](C)NC(=O)c2cc(Cl)cnc2Oc2ccc(Cl)cc2Cl)cc1. The summed E-state index contributed by atoms with van der Waals surface area (Å²) < 4.78 is 10.4. The van der Waals surface area contributed by atoms with Gasteiger partial charge in [0.25, 0.3) is 5.91 Å². The van der Waals surface area contributed by atoms with Crippen LogP contribution in [0.3, 0.4) is 0 Å². The number of hydrogen-bond acceptors (Lipinski definition) is 5. The quantitative estimate of drug-likeness (QED) is 0.431. The molecule has 0 saturated heterocycles. The maximum absolute atomic E-state index is 12.9. The molecular formula is C22H17Cl3N2O4. The van der Waals surface area contributed by atoms with E-state index in [2.05, 4.69) is 15.0 Å². The van der Waals surface area contributed by atoms with Crippen molar-refractivity contribution in [2.75, 3.05) is 7.11 Å². The Bertz CT molecular complexity index is 1120. The lowest BCUT2D eigenvalue weighted by Gasteiger charge is -2.16. The first kappa shape index (κ1) is 22.9. The molecule has 1 N–H and O–H groups in total. The number of hydrogen-bond donors (Lipinski definition) is 1. The number of halogens is 3. The van der Waals surface area contributed by atoms with E-state index in [1.54, 1.807) is 43.3 Å². The number of aromatic nitrogens is 1. The first-order chi connectivity index (χ1) is 14.8. The normalized spacial score (nSPS) is 11.5. The smallest absolute Gasteiger partial charge is 0.337 e. The molecule has 0 fully saturated rings. The number of nitrogens with one attached hydrogen (secondary N) is 1. The summed E-state index contributed by atoms with van der Waals surface area (Å²) in [6.07, 6.45) is 1.37. The largest absolute Gasteiger partial charge is 0.465 e. The zero-order valence-corrected chi connectivity index (χ0v) is 18.8. The lowest BCUT2D eigenvalue weighted by molar-refractivity contribution is 0.0600. The topological polar surface area (TPSA) is 77.5 Å². The molecule has 0 spiro atoms. The van der Waals surface area contributed by atoms with Gasteiger partial charge in [0.1, 0.15) is 11.3 Å². The molecule has 3 rings (SSSR count). The highest BCUT2D eigenvalue weighted by Gasteiger charge is 2.19. The summed E-state index contributed by atoms with van der Waals surface area (Å²) >= 11 is 18.1. The zero-order chi connectivity index (χ0) is 22.5. The van der Waals surface area contributed by atoms with E-state index in [4.69, 9.17) is 39.5 Å². The van der Waals surface area contributed by atoms with Gasteiger partial charge in [0.15, 0.2) is 0 Å². The Hall–Kier alpha value is -2.80. The second kappa shape index (κ2) is 10.0. The van der Waals surface area contributed by atoms with Crippen molar-refractivity contribution < 1.29 is 19.1 Å². The third-order valence-corrected chi connectivity index (χ3v) is 5.08. The van der Waals surface area contributed by atoms with E-state index >= 15 is 0 Å². The molecule has 0 bridgehead atoms. The van der Waals surface area contributed by atoms with Gasteiger partial charge in [-0.05, 0) is 48.9 Å². The fraction of sp³-hybridized carbons (Fsp3) is 0.136. The maximum Gasteiger partial charge on any atom is 0.337 e. The predicted molar refractivity (Wildman–Crippen MR) is 119 cm³/mol. The van der Waals surface area contributed by atoms with E-state index in [1.165, 1.54) is 25.4 Å². The van der Waals surface area contributed by atoms with Crippen molar-refractivity contribution in [1.29, 1.82) is 0 Å². The van der Waals surface area contributed by atoms with Gasteiger partial charge in [-0.25, -0.2) is 9.78 Å². The van der Waals surface area contributed by atoms with Gasteiger partial charge in [-0.2, -0.15) is 0 Å². The van der Waals surface area contributed by atoms with E-state index in [-0.39, 0.29) is 27.5 Å². The number of benzene rings is 2. The lowest BCUT2D eigenvalue weighted by Crippen LogP contribution is -2.27. The number of methoxy groups -OCH3 is 1. The second-order valence-electron chi connectivity index (χ2n) is 6.49. The molecule has 1 amide bonds. The summed E-state index contributed by atoms with van der Waals surface area (Å²) in [7, 11) is 1.31. The van der Waals surface area contributed by atoms with Crippen LogP contribution in [0.5, 0.6) is 11.6 Å². The molecule has 6 nitrogen and oxygen atoms in total. The minimum Gasteiger partial charge on any atom is -0.465 e. The Morgan fingerprint density at radius 3 is 2.35 bits per heavy atom. The number of esters is 1. The average Bonchev–Trinajstić information content (AvgIpc) is 2.76. The minimum absolute atomic E-state index is 0.0411. The third kappa shape index (κ3) is 5.67. The summed E-state index contributed by atoms with van der Waals surface area (Å²) in [4.78, 5) is 28.6. The summed E-state index contributed by atoms with van der Waals surface area (Å²) in [5.41, 5.74) is 1.34. The van der Waals surface area contributed by atoms with Crippen molar-refractivity contribution in [2.45, 2.75) is 13.0 Å². The second-order valence-corrected chi connectivity index (χ2v) is 7.77. The van der Waals surface area contributed by atoms with Gasteiger partial charge < -0.3 is 14.8 Å². The predicted octanol–water partition coefficient (Wildman–Crippen LogP) is 6.11. The molecule has 0 aliphatic heterocycles. The first-order valence-electron chi connectivity index (χ1n) is 9.06. The molecule has 3 aromatic rings. The molecule has 31 heavy (non-hydrogen) atoms. The summed E-state index contributed by atoms with van der Waals surface area (Å²) in [5.74, 6) is -0.545. The minimum atomic E-state index is -0.445. The van der Waals surface area contributed by atoms with Gasteiger partial charge in [-0.1, -0.05) is 46.9 Å². The van der Waals surface area contributed by atoms with Crippen molar-refractivity contribution in [2.24, 2.45) is 0 Å². The molecule has 2 aromatic carbocycles. The molecule has 9 heteroatoms. The average molecular weight is 480 g/mol. The molecule has 0 unspecified atom stereocenters. The van der Waals surface area contributed by atoms with Gasteiger partial charge >= 0.3 is 5.97 Å². The van der Waals surface area contributed by atoms with Crippen molar-refractivity contribution in [3.8, 4) is 11.6 Å². The van der Waals surface area contributed by atoms with Gasteiger partial charge in [-0.15, -0.1) is 0 Å². The van der Waals surface area contributed by atoms with E-state index in [0.29, 0.717) is 16.3 Å². The highest BCUT2D eigenvalue weighted by atomic mass is 35.5. The molecule has 0 aliphatic carbocycles. The molecule has 0 saturated carbocycles. The number of ether oxygens (including phenoxy) is 2.